The maximum absolute atomic E-state index is 12.4. The Morgan fingerprint density at radius 2 is 2.09 bits per heavy atom. The van der Waals surface area contributed by atoms with Crippen LogP contribution in [0.4, 0.5) is 4.79 Å². The van der Waals surface area contributed by atoms with E-state index in [2.05, 4.69) is 5.32 Å². The van der Waals surface area contributed by atoms with E-state index in [1.54, 1.807) is 4.90 Å². The van der Waals surface area contributed by atoms with E-state index < -0.39 is 6.03 Å². The van der Waals surface area contributed by atoms with Crippen LogP contribution >= 0.6 is 11.6 Å². The van der Waals surface area contributed by atoms with Crippen molar-refractivity contribution < 1.29 is 14.4 Å². The monoisotopic (exact) mass is 321 g/mol. The first kappa shape index (κ1) is 14.8. The van der Waals surface area contributed by atoms with Gasteiger partial charge in [-0.2, -0.15) is 0 Å². The first-order chi connectivity index (χ1) is 10.6. The van der Waals surface area contributed by atoms with Gasteiger partial charge in [0.1, 0.15) is 6.54 Å². The second kappa shape index (κ2) is 5.96. The molecule has 4 amide bonds. The summed E-state index contributed by atoms with van der Waals surface area (Å²) in [5, 5.41) is 3.29. The van der Waals surface area contributed by atoms with E-state index in [4.69, 9.17) is 11.6 Å². The van der Waals surface area contributed by atoms with Crippen LogP contribution in [0, 0.1) is 0 Å². The average molecular weight is 322 g/mol. The molecule has 116 valence electrons. The number of urea groups is 1. The summed E-state index contributed by atoms with van der Waals surface area (Å²) in [5.74, 6) is -0.534. The van der Waals surface area contributed by atoms with Crippen LogP contribution in [0.2, 0.25) is 5.02 Å². The van der Waals surface area contributed by atoms with E-state index in [1.807, 2.05) is 18.2 Å². The average Bonchev–Trinajstić information content (AvgIpc) is 2.51. The lowest BCUT2D eigenvalue weighted by atomic mass is 9.99. The standard InChI is InChI=1S/C15H16ClN3O3/c16-12-3-1-2-10-8-18(7-5-11(10)12)14(21)9-19-13(20)4-6-17-15(19)22/h1-3H,4-9H2,(H,17,22). The van der Waals surface area contributed by atoms with Crippen LogP contribution in [0.1, 0.15) is 17.5 Å². The van der Waals surface area contributed by atoms with Crippen LogP contribution in [0.25, 0.3) is 0 Å². The number of imide groups is 1. The zero-order chi connectivity index (χ0) is 15.7. The number of halogens is 1. The van der Waals surface area contributed by atoms with E-state index in [1.165, 1.54) is 0 Å². The molecule has 2 aliphatic rings. The molecule has 22 heavy (non-hydrogen) atoms. The van der Waals surface area contributed by atoms with E-state index in [0.29, 0.717) is 26.1 Å². The second-order valence-corrected chi connectivity index (χ2v) is 5.81. The third-order valence-electron chi connectivity index (χ3n) is 4.02. The molecule has 3 rings (SSSR count). The maximum Gasteiger partial charge on any atom is 0.324 e. The first-order valence-electron chi connectivity index (χ1n) is 7.18. The summed E-state index contributed by atoms with van der Waals surface area (Å²) in [5.41, 5.74) is 2.08. The highest BCUT2D eigenvalue weighted by Gasteiger charge is 2.30. The smallest absolute Gasteiger partial charge is 0.324 e. The van der Waals surface area contributed by atoms with Gasteiger partial charge in [0.25, 0.3) is 0 Å². The van der Waals surface area contributed by atoms with Crippen LogP contribution in [0.15, 0.2) is 18.2 Å². The van der Waals surface area contributed by atoms with Gasteiger partial charge >= 0.3 is 6.03 Å². The van der Waals surface area contributed by atoms with Crippen molar-refractivity contribution in [2.75, 3.05) is 19.6 Å². The van der Waals surface area contributed by atoms with Gasteiger partial charge in [-0.1, -0.05) is 23.7 Å². The normalized spacial score (nSPS) is 18.0. The van der Waals surface area contributed by atoms with Crippen LogP contribution in [-0.2, 0) is 22.6 Å². The minimum absolute atomic E-state index is 0.208. The molecule has 1 N–H and O–H groups in total. The minimum Gasteiger partial charge on any atom is -0.337 e. The van der Waals surface area contributed by atoms with Gasteiger partial charge in [-0.25, -0.2) is 4.79 Å². The number of carbonyl (C=O) groups is 3. The topological polar surface area (TPSA) is 69.7 Å². The number of amides is 4. The molecule has 1 aromatic rings. The Kier molecular flexibility index (Phi) is 4.02. The van der Waals surface area contributed by atoms with Gasteiger partial charge in [0, 0.05) is 31.1 Å². The number of hydrogen-bond donors (Lipinski definition) is 1. The molecule has 0 radical (unpaired) electrons. The Balaban J connectivity index is 1.69. The summed E-state index contributed by atoms with van der Waals surface area (Å²) in [6.07, 6.45) is 0.915. The zero-order valence-corrected chi connectivity index (χ0v) is 12.7. The summed E-state index contributed by atoms with van der Waals surface area (Å²) in [4.78, 5) is 38.4. The zero-order valence-electron chi connectivity index (χ0n) is 12.0. The lowest BCUT2D eigenvalue weighted by Gasteiger charge is -2.32. The Labute approximate surface area is 133 Å². The highest BCUT2D eigenvalue weighted by molar-refractivity contribution is 6.31. The van der Waals surface area contributed by atoms with Crippen molar-refractivity contribution in [1.29, 1.82) is 0 Å². The van der Waals surface area contributed by atoms with Crippen LogP contribution < -0.4 is 5.32 Å². The molecule has 0 bridgehead atoms. The molecule has 6 nitrogen and oxygen atoms in total. The molecule has 0 atom stereocenters. The van der Waals surface area contributed by atoms with E-state index in [0.717, 1.165) is 21.0 Å². The number of hydrogen-bond acceptors (Lipinski definition) is 3. The summed E-state index contributed by atoms with van der Waals surface area (Å²) in [7, 11) is 0. The minimum atomic E-state index is -0.495. The Morgan fingerprint density at radius 3 is 2.86 bits per heavy atom. The molecule has 0 aliphatic carbocycles. The molecule has 0 saturated carbocycles. The van der Waals surface area contributed by atoms with Gasteiger partial charge in [-0.3, -0.25) is 14.5 Å². The van der Waals surface area contributed by atoms with E-state index in [9.17, 15) is 14.4 Å². The molecular formula is C15H16ClN3O3. The molecule has 2 aliphatic heterocycles. The fourth-order valence-electron chi connectivity index (χ4n) is 2.79. The molecule has 0 spiro atoms. The Morgan fingerprint density at radius 1 is 1.27 bits per heavy atom. The van der Waals surface area contributed by atoms with Crippen LogP contribution in [-0.4, -0.2) is 47.3 Å². The number of rotatable bonds is 2. The highest BCUT2D eigenvalue weighted by atomic mass is 35.5. The van der Waals surface area contributed by atoms with Crippen LogP contribution in [0.3, 0.4) is 0 Å². The second-order valence-electron chi connectivity index (χ2n) is 5.40. The lowest BCUT2D eigenvalue weighted by molar-refractivity contribution is -0.139. The van der Waals surface area contributed by atoms with Gasteiger partial charge in [0.15, 0.2) is 0 Å². The van der Waals surface area contributed by atoms with Crippen molar-refractivity contribution in [2.24, 2.45) is 0 Å². The molecular weight excluding hydrogens is 306 g/mol. The van der Waals surface area contributed by atoms with Crippen molar-refractivity contribution in [3.05, 3.63) is 34.3 Å². The number of nitrogens with one attached hydrogen (secondary N) is 1. The van der Waals surface area contributed by atoms with Crippen molar-refractivity contribution >= 4 is 29.4 Å². The molecule has 1 aromatic carbocycles. The number of benzene rings is 1. The summed E-state index contributed by atoms with van der Waals surface area (Å²) in [6, 6.07) is 5.15. The van der Waals surface area contributed by atoms with Gasteiger partial charge in [-0.15, -0.1) is 0 Å². The quantitative estimate of drug-likeness (QED) is 0.889. The van der Waals surface area contributed by atoms with Crippen LogP contribution in [0.5, 0.6) is 0 Å². The Hall–Kier alpha value is -2.08. The largest absolute Gasteiger partial charge is 0.337 e. The lowest BCUT2D eigenvalue weighted by Crippen LogP contribution is -2.54. The molecule has 0 aromatic heterocycles. The molecule has 1 fully saturated rings. The van der Waals surface area contributed by atoms with E-state index >= 15 is 0 Å². The molecule has 0 unspecified atom stereocenters. The maximum atomic E-state index is 12.4. The molecule has 7 heteroatoms. The first-order valence-corrected chi connectivity index (χ1v) is 7.56. The van der Waals surface area contributed by atoms with Crippen molar-refractivity contribution in [3.63, 3.8) is 0 Å². The number of nitrogens with zero attached hydrogens (tertiary/aromatic N) is 2. The van der Waals surface area contributed by atoms with E-state index in [-0.39, 0.29) is 24.8 Å². The highest BCUT2D eigenvalue weighted by Crippen LogP contribution is 2.26. The van der Waals surface area contributed by atoms with Gasteiger partial charge in [0.2, 0.25) is 11.8 Å². The predicted molar refractivity (Wildman–Crippen MR) is 80.3 cm³/mol. The summed E-state index contributed by atoms with van der Waals surface area (Å²) < 4.78 is 0. The fraction of sp³-hybridized carbons (Fsp3) is 0.400. The summed E-state index contributed by atoms with van der Waals surface area (Å²) in [6.45, 7) is 1.12. The molecule has 1 saturated heterocycles. The Bertz CT molecular complexity index is 631. The van der Waals surface area contributed by atoms with Crippen molar-refractivity contribution in [1.82, 2.24) is 15.1 Å². The van der Waals surface area contributed by atoms with Gasteiger partial charge in [0.05, 0.1) is 0 Å². The number of carbonyl (C=O) groups excluding carboxylic acids is 3. The SMILES string of the molecule is O=C(CN1C(=O)CCNC1=O)N1CCc2c(Cl)cccc2C1. The van der Waals surface area contributed by atoms with Crippen molar-refractivity contribution in [3.8, 4) is 0 Å². The van der Waals surface area contributed by atoms with Crippen molar-refractivity contribution in [2.45, 2.75) is 19.4 Å². The third kappa shape index (κ3) is 2.78. The predicted octanol–water partition coefficient (Wildman–Crippen LogP) is 1.17. The fourth-order valence-corrected chi connectivity index (χ4v) is 3.08. The number of fused-ring (bicyclic) bond motifs is 1. The summed E-state index contributed by atoms with van der Waals surface area (Å²) >= 11 is 6.15. The van der Waals surface area contributed by atoms with Gasteiger partial charge < -0.3 is 10.2 Å². The third-order valence-corrected chi connectivity index (χ3v) is 4.37. The van der Waals surface area contributed by atoms with Gasteiger partial charge in [-0.05, 0) is 23.6 Å². The molecule has 2 heterocycles.